The first kappa shape index (κ1) is 38.6. The van der Waals surface area contributed by atoms with Crippen LogP contribution in [0, 0.1) is 0 Å². The van der Waals surface area contributed by atoms with E-state index in [0.717, 1.165) is 19.6 Å². The molecule has 21 N–H and O–H groups in total. The lowest BCUT2D eigenvalue weighted by Crippen LogP contribution is -2.37. The Balaban J connectivity index is -0.000000441. The van der Waals surface area contributed by atoms with Crippen LogP contribution in [0.4, 0.5) is 0 Å². The number of nitrogens with one attached hydrogen (secondary N) is 3. The van der Waals surface area contributed by atoms with Crippen LogP contribution in [0.1, 0.15) is 25.7 Å². The van der Waals surface area contributed by atoms with Crippen molar-refractivity contribution in [3.63, 3.8) is 0 Å². The highest BCUT2D eigenvalue weighted by Crippen LogP contribution is 2.42. The third kappa shape index (κ3) is 26.0. The summed E-state index contributed by atoms with van der Waals surface area (Å²) >= 11 is 0. The molecule has 0 aromatic carbocycles. The van der Waals surface area contributed by atoms with Crippen LogP contribution in [0.3, 0.4) is 0 Å². The van der Waals surface area contributed by atoms with E-state index >= 15 is 0 Å². The minimum atomic E-state index is -4.25. The van der Waals surface area contributed by atoms with Gasteiger partial charge in [-0.2, -0.15) is 0 Å². The zero-order chi connectivity index (χ0) is 18.5. The number of hydrogen-bond donors (Lipinski definition) is 12. The van der Waals surface area contributed by atoms with Gasteiger partial charge in [0.2, 0.25) is 0 Å². The summed E-state index contributed by atoms with van der Waals surface area (Å²) in [5.74, 6) is -0.926. The highest BCUT2D eigenvalue weighted by atomic mass is 31.2. The Morgan fingerprint density at radius 1 is 0.750 bits per heavy atom. The first-order chi connectivity index (χ1) is 11.2. The van der Waals surface area contributed by atoms with E-state index in [1.54, 1.807) is 0 Å². The number of nitrogens with two attached hydrogens (primary N) is 1. The van der Waals surface area contributed by atoms with Gasteiger partial charge in [0.05, 0.1) is 0 Å². The number of hydrogen-bond acceptors (Lipinski definition) is 10. The minimum absolute atomic E-state index is 0. The molecule has 1 unspecified atom stereocenters. The molecular weight excluding hydrogens is 414 g/mol. The van der Waals surface area contributed by atoms with Gasteiger partial charge < -0.3 is 65.9 Å². The second kappa shape index (κ2) is 21.7. The van der Waals surface area contributed by atoms with Crippen molar-refractivity contribution in [1.82, 2.24) is 40.6 Å². The molecule has 0 aromatic rings. The Kier molecular flexibility index (Phi) is 29.9. The largest absolute Gasteiger partial charge is 0.344 e. The first-order valence-corrected chi connectivity index (χ1v) is 11.6. The summed E-state index contributed by atoms with van der Waals surface area (Å²) in [5, 5.41) is 9.11. The fraction of sp³-hybridized carbons (Fsp3) is 1.00. The Hall–Kier alpha value is -0.0200. The van der Waals surface area contributed by atoms with Gasteiger partial charge in [0, 0.05) is 45.4 Å². The molecule has 1 atom stereocenters. The SMILES string of the molecule is N.N.N.N.NCCNCCNCCNC(CCCCCP(=O)(O)O)P(=O)(O)O. The van der Waals surface area contributed by atoms with Crippen molar-refractivity contribution in [3.05, 3.63) is 0 Å². The summed E-state index contributed by atoms with van der Waals surface area (Å²) in [6.07, 6.45) is 1.44. The van der Waals surface area contributed by atoms with Crippen LogP contribution in [-0.4, -0.2) is 70.8 Å². The zero-order valence-electron chi connectivity index (χ0n) is 16.8. The third-order valence-corrected chi connectivity index (χ3v) is 5.47. The van der Waals surface area contributed by atoms with Gasteiger partial charge >= 0.3 is 15.2 Å². The van der Waals surface area contributed by atoms with E-state index in [2.05, 4.69) is 16.0 Å². The second-order valence-electron chi connectivity index (χ2n) is 5.59. The molecule has 0 aliphatic rings. The van der Waals surface area contributed by atoms with E-state index in [1.165, 1.54) is 0 Å². The summed E-state index contributed by atoms with van der Waals surface area (Å²) in [7, 11) is -8.23. The fourth-order valence-corrected chi connectivity index (χ4v) is 3.60. The lowest BCUT2D eigenvalue weighted by molar-refractivity contribution is 0.338. The molecule has 0 amide bonds. The van der Waals surface area contributed by atoms with E-state index in [4.69, 9.17) is 15.5 Å². The summed E-state index contributed by atoms with van der Waals surface area (Å²) < 4.78 is 22.2. The van der Waals surface area contributed by atoms with Gasteiger partial charge in [0.1, 0.15) is 5.78 Å². The summed E-state index contributed by atoms with van der Waals surface area (Å²) in [6.45, 7) is 3.86. The molecule has 0 aliphatic heterocycles. The van der Waals surface area contributed by atoms with E-state index in [9.17, 15) is 18.9 Å². The molecule has 16 heteroatoms. The molecule has 0 aliphatic carbocycles. The van der Waals surface area contributed by atoms with Crippen molar-refractivity contribution in [2.75, 3.05) is 45.4 Å². The normalized spacial score (nSPS) is 12.0. The van der Waals surface area contributed by atoms with Crippen LogP contribution in [0.2, 0.25) is 0 Å². The highest BCUT2D eigenvalue weighted by molar-refractivity contribution is 7.52. The van der Waals surface area contributed by atoms with Gasteiger partial charge in [-0.15, -0.1) is 0 Å². The van der Waals surface area contributed by atoms with Gasteiger partial charge in [-0.1, -0.05) is 12.8 Å². The molecule has 178 valence electrons. The molecule has 0 aromatic heterocycles. The predicted octanol–water partition coefficient (Wildman–Crippen LogP) is -0.396. The smallest absolute Gasteiger partial charge is 0.342 e. The minimum Gasteiger partial charge on any atom is -0.344 e. The molecule has 0 saturated heterocycles. The van der Waals surface area contributed by atoms with Gasteiger partial charge in [0.25, 0.3) is 0 Å². The quantitative estimate of drug-likeness (QED) is 0.103. The van der Waals surface area contributed by atoms with Crippen molar-refractivity contribution >= 4 is 15.2 Å². The van der Waals surface area contributed by atoms with Crippen molar-refractivity contribution in [3.8, 4) is 0 Å². The monoisotopic (exact) mass is 458 g/mol. The summed E-state index contributed by atoms with van der Waals surface area (Å²) in [6, 6.07) is 0. The van der Waals surface area contributed by atoms with Crippen LogP contribution in [-0.2, 0) is 9.13 Å². The lowest BCUT2D eigenvalue weighted by Gasteiger charge is -2.20. The topological polar surface area (TPSA) is 317 Å². The maximum absolute atomic E-state index is 11.5. The molecule has 0 fully saturated rings. The van der Waals surface area contributed by atoms with Crippen LogP contribution in [0.25, 0.3) is 0 Å². The average Bonchev–Trinajstić information content (AvgIpc) is 2.45. The molecule has 0 heterocycles. The Morgan fingerprint density at radius 3 is 1.71 bits per heavy atom. The lowest BCUT2D eigenvalue weighted by atomic mass is 10.2. The number of rotatable bonds is 16. The molecule has 0 bridgehead atoms. The van der Waals surface area contributed by atoms with Gasteiger partial charge in [0.15, 0.2) is 0 Å². The Morgan fingerprint density at radius 2 is 1.25 bits per heavy atom. The first-order valence-electron chi connectivity index (χ1n) is 8.11. The standard InChI is InChI=1S/C12H32N4O6P2.4H3N/c13-5-6-14-7-8-15-9-10-16-12(24(20,21)22)4-2-1-3-11-23(17,18)19;;;;/h12,14-16H,1-11,13H2,(H2,17,18,19)(H2,20,21,22);4*1H3. The van der Waals surface area contributed by atoms with Crippen LogP contribution in [0.5, 0.6) is 0 Å². The molecular formula is C12H44N8O6P2. The average molecular weight is 458 g/mol. The van der Waals surface area contributed by atoms with Gasteiger partial charge in [-0.25, -0.2) is 0 Å². The maximum atomic E-state index is 11.5. The number of unbranched alkanes of at least 4 members (excludes halogenated alkanes) is 2. The van der Waals surface area contributed by atoms with E-state index < -0.39 is 21.0 Å². The molecule has 14 nitrogen and oxygen atoms in total. The van der Waals surface area contributed by atoms with E-state index in [1.807, 2.05) is 0 Å². The molecule has 0 radical (unpaired) electrons. The third-order valence-electron chi connectivity index (χ3n) is 3.31. The van der Waals surface area contributed by atoms with Crippen molar-refractivity contribution in [2.24, 2.45) is 5.73 Å². The second-order valence-corrected chi connectivity index (χ2v) is 9.16. The predicted molar refractivity (Wildman–Crippen MR) is 114 cm³/mol. The van der Waals surface area contributed by atoms with Gasteiger partial charge in [-0.05, 0) is 12.8 Å². The molecule has 0 saturated carbocycles. The fourth-order valence-electron chi connectivity index (χ4n) is 2.08. The summed E-state index contributed by atoms with van der Waals surface area (Å²) in [5.41, 5.74) is 5.34. The molecule has 28 heavy (non-hydrogen) atoms. The van der Waals surface area contributed by atoms with E-state index in [-0.39, 0.29) is 37.2 Å². The highest BCUT2D eigenvalue weighted by Gasteiger charge is 2.27. The molecule has 0 rings (SSSR count). The molecule has 0 spiro atoms. The van der Waals surface area contributed by atoms with Crippen molar-refractivity contribution in [1.29, 1.82) is 0 Å². The van der Waals surface area contributed by atoms with E-state index in [0.29, 0.717) is 38.9 Å². The van der Waals surface area contributed by atoms with Gasteiger partial charge in [-0.3, -0.25) is 9.13 Å². The van der Waals surface area contributed by atoms with Crippen LogP contribution < -0.4 is 46.3 Å². The maximum Gasteiger partial charge on any atom is 0.342 e. The Labute approximate surface area is 167 Å². The van der Waals surface area contributed by atoms with Crippen LogP contribution in [0.15, 0.2) is 0 Å². The van der Waals surface area contributed by atoms with Crippen molar-refractivity contribution in [2.45, 2.75) is 31.5 Å². The van der Waals surface area contributed by atoms with Crippen molar-refractivity contribution < 1.29 is 28.7 Å². The Bertz CT molecular complexity index is 412. The zero-order valence-corrected chi connectivity index (χ0v) is 18.5. The summed E-state index contributed by atoms with van der Waals surface area (Å²) in [4.78, 5) is 36.2. The van der Waals surface area contributed by atoms with Crippen LogP contribution >= 0.6 is 15.2 Å².